The number of hydrogen-bond acceptors (Lipinski definition) is 4. The smallest absolute Gasteiger partial charge is 0.335 e. The molecular formula is C15H14O5. The van der Waals surface area contributed by atoms with E-state index < -0.39 is 5.97 Å². The second-order valence-electron chi connectivity index (χ2n) is 4.06. The predicted molar refractivity (Wildman–Crippen MR) is 72.4 cm³/mol. The van der Waals surface area contributed by atoms with Crippen molar-refractivity contribution in [2.45, 2.75) is 6.61 Å². The first kappa shape index (κ1) is 13.9. The fraction of sp³-hybridized carbons (Fsp3) is 0.133. The van der Waals surface area contributed by atoms with E-state index in [4.69, 9.17) is 19.7 Å². The van der Waals surface area contributed by atoms with Gasteiger partial charge in [-0.3, -0.25) is 0 Å². The fourth-order valence-electron chi connectivity index (χ4n) is 1.72. The number of aliphatic hydroxyl groups is 1. The molecular weight excluding hydrogens is 260 g/mol. The largest absolute Gasteiger partial charge is 0.496 e. The third-order valence-electron chi connectivity index (χ3n) is 2.77. The van der Waals surface area contributed by atoms with E-state index in [-0.39, 0.29) is 12.2 Å². The summed E-state index contributed by atoms with van der Waals surface area (Å²) in [6.07, 6.45) is 0. The summed E-state index contributed by atoms with van der Waals surface area (Å²) in [7, 11) is 1.51. The van der Waals surface area contributed by atoms with Crippen LogP contribution in [-0.2, 0) is 6.61 Å². The zero-order valence-electron chi connectivity index (χ0n) is 10.9. The molecule has 2 aromatic carbocycles. The van der Waals surface area contributed by atoms with E-state index >= 15 is 0 Å². The summed E-state index contributed by atoms with van der Waals surface area (Å²) in [5.74, 6) is 0.619. The first-order valence-electron chi connectivity index (χ1n) is 5.93. The van der Waals surface area contributed by atoms with Gasteiger partial charge < -0.3 is 19.7 Å². The van der Waals surface area contributed by atoms with E-state index in [0.29, 0.717) is 22.8 Å². The molecule has 5 heteroatoms. The van der Waals surface area contributed by atoms with Gasteiger partial charge in [0, 0.05) is 11.6 Å². The van der Waals surface area contributed by atoms with Gasteiger partial charge >= 0.3 is 5.97 Å². The molecule has 0 radical (unpaired) electrons. The van der Waals surface area contributed by atoms with Gasteiger partial charge in [-0.25, -0.2) is 4.79 Å². The molecule has 2 rings (SSSR count). The van der Waals surface area contributed by atoms with Crippen LogP contribution in [-0.4, -0.2) is 23.3 Å². The molecule has 0 unspecified atom stereocenters. The number of benzene rings is 2. The molecule has 0 aliphatic rings. The zero-order valence-corrected chi connectivity index (χ0v) is 10.9. The Bertz CT molecular complexity index is 604. The minimum atomic E-state index is -0.981. The SMILES string of the molecule is COc1cc(Oc2ccc(C(=O)O)cc2)ccc1CO. The molecule has 0 spiro atoms. The molecule has 0 amide bonds. The number of carbonyl (C=O) groups is 1. The summed E-state index contributed by atoms with van der Waals surface area (Å²) in [6, 6.07) is 11.2. The van der Waals surface area contributed by atoms with Crippen LogP contribution in [0.2, 0.25) is 0 Å². The molecule has 0 aliphatic carbocycles. The second-order valence-corrected chi connectivity index (χ2v) is 4.06. The molecule has 2 N–H and O–H groups in total. The van der Waals surface area contributed by atoms with Gasteiger partial charge in [-0.1, -0.05) is 0 Å². The van der Waals surface area contributed by atoms with Crippen molar-refractivity contribution < 1.29 is 24.5 Å². The van der Waals surface area contributed by atoms with Crippen molar-refractivity contribution in [2.75, 3.05) is 7.11 Å². The normalized spacial score (nSPS) is 10.1. The van der Waals surface area contributed by atoms with Crippen LogP contribution in [0.1, 0.15) is 15.9 Å². The average molecular weight is 274 g/mol. The highest BCUT2D eigenvalue weighted by molar-refractivity contribution is 5.87. The lowest BCUT2D eigenvalue weighted by Gasteiger charge is -2.10. The fourth-order valence-corrected chi connectivity index (χ4v) is 1.72. The van der Waals surface area contributed by atoms with Gasteiger partial charge in [0.15, 0.2) is 0 Å². The number of aliphatic hydroxyl groups excluding tert-OH is 1. The van der Waals surface area contributed by atoms with Gasteiger partial charge in [0.2, 0.25) is 0 Å². The number of aromatic carboxylic acids is 1. The van der Waals surface area contributed by atoms with Gasteiger partial charge in [-0.15, -0.1) is 0 Å². The number of hydrogen-bond donors (Lipinski definition) is 2. The molecule has 5 nitrogen and oxygen atoms in total. The quantitative estimate of drug-likeness (QED) is 0.876. The Labute approximate surface area is 116 Å². The first-order chi connectivity index (χ1) is 9.63. The van der Waals surface area contributed by atoms with Crippen LogP contribution in [0.3, 0.4) is 0 Å². The summed E-state index contributed by atoms with van der Waals surface area (Å²) < 4.78 is 10.7. The molecule has 0 aromatic heterocycles. The lowest BCUT2D eigenvalue weighted by atomic mass is 10.2. The van der Waals surface area contributed by atoms with Crippen molar-refractivity contribution in [3.8, 4) is 17.2 Å². The van der Waals surface area contributed by atoms with Gasteiger partial charge in [0.05, 0.1) is 19.3 Å². The van der Waals surface area contributed by atoms with Crippen molar-refractivity contribution in [2.24, 2.45) is 0 Å². The highest BCUT2D eigenvalue weighted by atomic mass is 16.5. The van der Waals surface area contributed by atoms with Gasteiger partial charge in [-0.05, 0) is 36.4 Å². The lowest BCUT2D eigenvalue weighted by molar-refractivity contribution is 0.0697. The third kappa shape index (κ3) is 3.07. The maximum absolute atomic E-state index is 10.7. The van der Waals surface area contributed by atoms with E-state index in [1.165, 1.54) is 19.2 Å². The highest BCUT2D eigenvalue weighted by Gasteiger charge is 2.06. The average Bonchev–Trinajstić information content (AvgIpc) is 2.47. The van der Waals surface area contributed by atoms with Crippen molar-refractivity contribution >= 4 is 5.97 Å². The minimum absolute atomic E-state index is 0.114. The van der Waals surface area contributed by atoms with Crippen molar-refractivity contribution in [3.63, 3.8) is 0 Å². The van der Waals surface area contributed by atoms with E-state index in [2.05, 4.69) is 0 Å². The Morgan fingerprint density at radius 1 is 1.10 bits per heavy atom. The van der Waals surface area contributed by atoms with Crippen LogP contribution in [0.25, 0.3) is 0 Å². The summed E-state index contributed by atoms with van der Waals surface area (Å²) in [5.41, 5.74) is 0.867. The van der Waals surface area contributed by atoms with Crippen molar-refractivity contribution in [3.05, 3.63) is 53.6 Å². The molecule has 2 aromatic rings. The molecule has 0 saturated heterocycles. The van der Waals surface area contributed by atoms with Crippen LogP contribution in [0, 0.1) is 0 Å². The molecule has 0 atom stereocenters. The predicted octanol–water partition coefficient (Wildman–Crippen LogP) is 2.68. The Morgan fingerprint density at radius 2 is 1.75 bits per heavy atom. The standard InChI is InChI=1S/C15H14O5/c1-19-14-8-13(7-4-11(14)9-16)20-12-5-2-10(3-6-12)15(17)18/h2-8,16H,9H2,1H3,(H,17,18). The Kier molecular flexibility index (Phi) is 4.22. The van der Waals surface area contributed by atoms with Crippen molar-refractivity contribution in [1.82, 2.24) is 0 Å². The number of rotatable bonds is 5. The monoisotopic (exact) mass is 274 g/mol. The summed E-state index contributed by atoms with van der Waals surface area (Å²) >= 11 is 0. The first-order valence-corrected chi connectivity index (χ1v) is 5.93. The van der Waals surface area contributed by atoms with Crippen LogP contribution in [0.5, 0.6) is 17.2 Å². The summed E-state index contributed by atoms with van der Waals surface area (Å²) in [5, 5.41) is 17.9. The molecule has 104 valence electrons. The van der Waals surface area contributed by atoms with E-state index in [1.54, 1.807) is 30.3 Å². The zero-order chi connectivity index (χ0) is 14.5. The Hall–Kier alpha value is -2.53. The van der Waals surface area contributed by atoms with Gasteiger partial charge in [0.1, 0.15) is 17.2 Å². The number of carboxylic acids is 1. The van der Waals surface area contributed by atoms with Crippen LogP contribution < -0.4 is 9.47 Å². The molecule has 0 saturated carbocycles. The molecule has 0 heterocycles. The lowest BCUT2D eigenvalue weighted by Crippen LogP contribution is -1.96. The van der Waals surface area contributed by atoms with Crippen LogP contribution >= 0.6 is 0 Å². The Morgan fingerprint density at radius 3 is 2.30 bits per heavy atom. The minimum Gasteiger partial charge on any atom is -0.496 e. The summed E-state index contributed by atoms with van der Waals surface area (Å²) in [4.78, 5) is 10.7. The maximum atomic E-state index is 10.7. The molecule has 0 aliphatic heterocycles. The van der Waals surface area contributed by atoms with Gasteiger partial charge in [-0.2, -0.15) is 0 Å². The molecule has 20 heavy (non-hydrogen) atoms. The van der Waals surface area contributed by atoms with Gasteiger partial charge in [0.25, 0.3) is 0 Å². The van der Waals surface area contributed by atoms with E-state index in [1.807, 2.05) is 0 Å². The second kappa shape index (κ2) is 6.08. The number of ether oxygens (including phenoxy) is 2. The number of carboxylic acid groups (broad SMARTS) is 1. The summed E-state index contributed by atoms with van der Waals surface area (Å²) in [6.45, 7) is -0.114. The Balaban J connectivity index is 2.19. The third-order valence-corrected chi connectivity index (χ3v) is 2.77. The highest BCUT2D eigenvalue weighted by Crippen LogP contribution is 2.28. The van der Waals surface area contributed by atoms with Crippen LogP contribution in [0.15, 0.2) is 42.5 Å². The molecule has 0 fully saturated rings. The molecule has 0 bridgehead atoms. The van der Waals surface area contributed by atoms with E-state index in [9.17, 15) is 4.79 Å². The topological polar surface area (TPSA) is 76.0 Å². The maximum Gasteiger partial charge on any atom is 0.335 e. The van der Waals surface area contributed by atoms with Crippen LogP contribution in [0.4, 0.5) is 0 Å². The van der Waals surface area contributed by atoms with E-state index in [0.717, 1.165) is 0 Å². The number of methoxy groups -OCH3 is 1. The van der Waals surface area contributed by atoms with Crippen molar-refractivity contribution in [1.29, 1.82) is 0 Å².